The number of carbonyl (C=O) groups excluding carboxylic acids is 1. The van der Waals surface area contributed by atoms with E-state index in [0.717, 1.165) is 19.5 Å². The van der Waals surface area contributed by atoms with Gasteiger partial charge in [0.25, 0.3) is 5.91 Å². The Balaban J connectivity index is 1.81. The van der Waals surface area contributed by atoms with Gasteiger partial charge in [0.05, 0.1) is 6.10 Å². The second-order valence-corrected chi connectivity index (χ2v) is 5.71. The molecule has 1 aliphatic heterocycles. The van der Waals surface area contributed by atoms with E-state index in [0.29, 0.717) is 6.54 Å². The topological polar surface area (TPSA) is 77.3 Å². The van der Waals surface area contributed by atoms with Gasteiger partial charge in [0.2, 0.25) is 0 Å². The molecule has 128 valence electrons. The highest BCUT2D eigenvalue weighted by Crippen LogP contribution is 2.18. The Bertz CT molecular complexity index is 640. The van der Waals surface area contributed by atoms with Crippen LogP contribution in [0.3, 0.4) is 0 Å². The summed E-state index contributed by atoms with van der Waals surface area (Å²) in [6, 6.07) is 8.37. The summed E-state index contributed by atoms with van der Waals surface area (Å²) in [5, 5.41) is 12.9. The summed E-state index contributed by atoms with van der Waals surface area (Å²) in [6.45, 7) is 5.98. The van der Waals surface area contributed by atoms with Gasteiger partial charge in [-0.25, -0.2) is 4.99 Å². The van der Waals surface area contributed by atoms with Crippen molar-refractivity contribution in [2.24, 2.45) is 9.98 Å². The van der Waals surface area contributed by atoms with E-state index in [2.05, 4.69) is 45.0 Å². The lowest BCUT2D eigenvalue weighted by Gasteiger charge is -2.30. The van der Waals surface area contributed by atoms with Crippen LogP contribution >= 0.6 is 0 Å². The van der Waals surface area contributed by atoms with Crippen molar-refractivity contribution < 1.29 is 9.90 Å². The number of hydrogen-bond donors (Lipinski definition) is 2. The van der Waals surface area contributed by atoms with Gasteiger partial charge in [0.15, 0.2) is 0 Å². The fourth-order valence-corrected chi connectivity index (χ4v) is 2.70. The molecule has 1 aromatic carbocycles. The number of nitrogens with zero attached hydrogens (tertiary/aromatic N) is 3. The molecule has 0 unspecified atom stereocenters. The largest absolute Gasteiger partial charge is 0.390 e. The van der Waals surface area contributed by atoms with E-state index in [-0.39, 0.29) is 18.2 Å². The lowest BCUT2D eigenvalue weighted by atomic mass is 10.00. The number of rotatable bonds is 7. The second kappa shape index (κ2) is 9.10. The van der Waals surface area contributed by atoms with Crippen LogP contribution in [0.25, 0.3) is 0 Å². The van der Waals surface area contributed by atoms with Gasteiger partial charge in [-0.05, 0) is 23.6 Å². The van der Waals surface area contributed by atoms with Crippen LogP contribution in [-0.2, 0) is 17.8 Å². The highest BCUT2D eigenvalue weighted by molar-refractivity contribution is 6.44. The van der Waals surface area contributed by atoms with Gasteiger partial charge >= 0.3 is 0 Å². The molecule has 1 aliphatic rings. The van der Waals surface area contributed by atoms with E-state index in [1.165, 1.54) is 23.5 Å². The molecule has 0 aromatic heterocycles. The zero-order valence-electron chi connectivity index (χ0n) is 14.0. The number of benzene rings is 1. The standard InChI is InChI=1S/C18H24N4O2/c1-3-17(21-13-19-2)18(24)20-10-16(23)12-22-9-8-14-6-4-5-7-15(14)11-22/h3-7,13,16,23H,1,8-12H2,2H3,(H,20,24)/b19-13-,21-17+/t16-/m0/s1. The Hall–Kier alpha value is -2.31. The molecule has 0 bridgehead atoms. The second-order valence-electron chi connectivity index (χ2n) is 5.71. The summed E-state index contributed by atoms with van der Waals surface area (Å²) in [5.74, 6) is -0.368. The SMILES string of the molecule is C=C/C(=N\C=N/C)C(=O)NC[C@H](O)CN1CCc2ccccc2C1. The molecule has 6 nitrogen and oxygen atoms in total. The third-order valence-corrected chi connectivity index (χ3v) is 3.92. The van der Waals surface area contributed by atoms with Crippen molar-refractivity contribution in [3.05, 3.63) is 48.0 Å². The monoisotopic (exact) mass is 328 g/mol. The van der Waals surface area contributed by atoms with E-state index >= 15 is 0 Å². The molecule has 0 saturated carbocycles. The molecule has 1 aromatic rings. The van der Waals surface area contributed by atoms with Crippen molar-refractivity contribution in [2.45, 2.75) is 19.1 Å². The van der Waals surface area contributed by atoms with Crippen molar-refractivity contribution in [1.82, 2.24) is 10.2 Å². The minimum absolute atomic E-state index is 0.174. The van der Waals surface area contributed by atoms with Crippen molar-refractivity contribution in [1.29, 1.82) is 0 Å². The van der Waals surface area contributed by atoms with E-state index in [1.807, 2.05) is 6.07 Å². The molecule has 24 heavy (non-hydrogen) atoms. The first-order valence-corrected chi connectivity index (χ1v) is 8.00. The van der Waals surface area contributed by atoms with Crippen LogP contribution in [0, 0.1) is 0 Å². The van der Waals surface area contributed by atoms with E-state index < -0.39 is 6.10 Å². The van der Waals surface area contributed by atoms with Crippen LogP contribution in [0.15, 0.2) is 46.9 Å². The molecule has 0 saturated heterocycles. The van der Waals surface area contributed by atoms with Gasteiger partial charge in [-0.15, -0.1) is 0 Å². The summed E-state index contributed by atoms with van der Waals surface area (Å²) in [4.78, 5) is 21.7. The smallest absolute Gasteiger partial charge is 0.270 e. The molecular weight excluding hydrogens is 304 g/mol. The quantitative estimate of drug-likeness (QED) is 0.574. The summed E-state index contributed by atoms with van der Waals surface area (Å²) in [7, 11) is 1.57. The first kappa shape index (κ1) is 18.0. The van der Waals surface area contributed by atoms with Gasteiger partial charge < -0.3 is 10.4 Å². The predicted octanol–water partition coefficient (Wildman–Crippen LogP) is 0.807. The first-order valence-electron chi connectivity index (χ1n) is 8.00. The Kier molecular flexibility index (Phi) is 6.84. The Labute approximate surface area is 142 Å². The Morgan fingerprint density at radius 1 is 1.46 bits per heavy atom. The average Bonchev–Trinajstić information content (AvgIpc) is 2.60. The molecule has 1 amide bonds. The number of aliphatic hydroxyl groups is 1. The number of fused-ring (bicyclic) bond motifs is 1. The molecule has 0 radical (unpaired) electrons. The summed E-state index contributed by atoms with van der Waals surface area (Å²) in [6.07, 6.45) is 3.01. The van der Waals surface area contributed by atoms with Crippen molar-refractivity contribution in [3.8, 4) is 0 Å². The average molecular weight is 328 g/mol. The van der Waals surface area contributed by atoms with Crippen molar-refractivity contribution in [3.63, 3.8) is 0 Å². The molecule has 1 heterocycles. The number of β-amino-alcohol motifs (C(OH)–C–C–N with tert-alkyl or cyclic N) is 1. The van der Waals surface area contributed by atoms with Gasteiger partial charge in [0.1, 0.15) is 12.1 Å². The highest BCUT2D eigenvalue weighted by atomic mass is 16.3. The van der Waals surface area contributed by atoms with Crippen LogP contribution in [0.4, 0.5) is 0 Å². The third kappa shape index (κ3) is 5.11. The Morgan fingerprint density at radius 3 is 2.92 bits per heavy atom. The summed E-state index contributed by atoms with van der Waals surface area (Å²) < 4.78 is 0. The zero-order chi connectivity index (χ0) is 17.4. The van der Waals surface area contributed by atoms with Crippen LogP contribution in [0.1, 0.15) is 11.1 Å². The van der Waals surface area contributed by atoms with Crippen LogP contribution < -0.4 is 5.32 Å². The number of carbonyl (C=O) groups is 1. The lowest BCUT2D eigenvalue weighted by molar-refractivity contribution is -0.115. The molecular formula is C18H24N4O2. The van der Waals surface area contributed by atoms with Gasteiger partial charge in [-0.1, -0.05) is 30.8 Å². The maximum Gasteiger partial charge on any atom is 0.270 e. The van der Waals surface area contributed by atoms with Crippen molar-refractivity contribution in [2.75, 3.05) is 26.7 Å². The van der Waals surface area contributed by atoms with Crippen LogP contribution in [-0.4, -0.2) is 60.7 Å². The minimum Gasteiger partial charge on any atom is -0.390 e. The fourth-order valence-electron chi connectivity index (χ4n) is 2.70. The summed E-state index contributed by atoms with van der Waals surface area (Å²) in [5.41, 5.74) is 2.86. The van der Waals surface area contributed by atoms with Gasteiger partial charge in [-0.3, -0.25) is 14.7 Å². The molecule has 0 spiro atoms. The molecule has 0 fully saturated rings. The van der Waals surface area contributed by atoms with E-state index in [4.69, 9.17) is 0 Å². The lowest BCUT2D eigenvalue weighted by Crippen LogP contribution is -2.43. The number of amides is 1. The van der Waals surface area contributed by atoms with Crippen molar-refractivity contribution >= 4 is 18.0 Å². The summed E-state index contributed by atoms with van der Waals surface area (Å²) >= 11 is 0. The molecule has 1 atom stereocenters. The minimum atomic E-state index is -0.634. The maximum atomic E-state index is 11.9. The first-order chi connectivity index (χ1) is 11.6. The Morgan fingerprint density at radius 2 is 2.21 bits per heavy atom. The fraction of sp³-hybridized carbons (Fsp3) is 0.389. The number of aliphatic hydroxyl groups excluding tert-OH is 1. The molecule has 2 rings (SSSR count). The normalized spacial score (nSPS) is 16.7. The third-order valence-electron chi connectivity index (χ3n) is 3.92. The number of nitrogens with one attached hydrogen (secondary N) is 1. The van der Waals surface area contributed by atoms with Crippen LogP contribution in [0.5, 0.6) is 0 Å². The zero-order valence-corrected chi connectivity index (χ0v) is 14.0. The number of hydrogen-bond acceptors (Lipinski definition) is 4. The molecule has 6 heteroatoms. The van der Waals surface area contributed by atoms with Gasteiger partial charge in [0, 0.05) is 33.2 Å². The van der Waals surface area contributed by atoms with Crippen LogP contribution in [0.2, 0.25) is 0 Å². The maximum absolute atomic E-state index is 11.9. The van der Waals surface area contributed by atoms with E-state index in [1.54, 1.807) is 7.05 Å². The predicted molar refractivity (Wildman–Crippen MR) is 96.5 cm³/mol. The van der Waals surface area contributed by atoms with E-state index in [9.17, 15) is 9.90 Å². The number of aliphatic imine (C=N–C) groups is 2. The molecule has 0 aliphatic carbocycles. The highest BCUT2D eigenvalue weighted by Gasteiger charge is 2.19. The molecule has 2 N–H and O–H groups in total. The van der Waals surface area contributed by atoms with Gasteiger partial charge in [-0.2, -0.15) is 0 Å².